The van der Waals surface area contributed by atoms with E-state index >= 15 is 0 Å². The maximum Gasteiger partial charge on any atom is 0.228 e. The molecule has 0 bridgehead atoms. The SMILES string of the molecule is S=C(NCCc1ccccn1)Nc1ncccn1. The summed E-state index contributed by atoms with van der Waals surface area (Å²) in [6.45, 7) is 0.718. The molecule has 0 radical (unpaired) electrons. The third-order valence-electron chi connectivity index (χ3n) is 2.18. The Hall–Kier alpha value is -2.08. The van der Waals surface area contributed by atoms with Gasteiger partial charge in [-0.25, -0.2) is 9.97 Å². The quantitative estimate of drug-likeness (QED) is 0.809. The zero-order valence-electron chi connectivity index (χ0n) is 9.71. The number of nitrogens with one attached hydrogen (secondary N) is 2. The summed E-state index contributed by atoms with van der Waals surface area (Å²) in [6, 6.07) is 7.60. The molecule has 0 aliphatic rings. The molecular formula is C12H13N5S. The lowest BCUT2D eigenvalue weighted by atomic mass is 10.3. The molecule has 0 saturated heterocycles. The molecule has 2 heterocycles. The number of nitrogens with zero attached hydrogens (tertiary/aromatic N) is 3. The van der Waals surface area contributed by atoms with Crippen molar-refractivity contribution in [1.82, 2.24) is 20.3 Å². The van der Waals surface area contributed by atoms with Crippen LogP contribution in [0.1, 0.15) is 5.69 Å². The molecule has 6 heteroatoms. The van der Waals surface area contributed by atoms with Gasteiger partial charge in [0.25, 0.3) is 0 Å². The van der Waals surface area contributed by atoms with E-state index in [1.165, 1.54) is 0 Å². The van der Waals surface area contributed by atoms with Crippen molar-refractivity contribution in [3.8, 4) is 0 Å². The van der Waals surface area contributed by atoms with Crippen molar-refractivity contribution in [2.24, 2.45) is 0 Å². The van der Waals surface area contributed by atoms with Gasteiger partial charge in [0, 0.05) is 37.3 Å². The van der Waals surface area contributed by atoms with Gasteiger partial charge in [0.05, 0.1) is 0 Å². The second kappa shape index (κ2) is 6.61. The Balaban J connectivity index is 1.73. The van der Waals surface area contributed by atoms with Gasteiger partial charge in [0.2, 0.25) is 5.95 Å². The zero-order valence-corrected chi connectivity index (χ0v) is 10.5. The van der Waals surface area contributed by atoms with Crippen LogP contribution in [0.4, 0.5) is 5.95 Å². The van der Waals surface area contributed by atoms with E-state index in [9.17, 15) is 0 Å². The van der Waals surface area contributed by atoms with Crippen LogP contribution in [0.15, 0.2) is 42.9 Å². The van der Waals surface area contributed by atoms with E-state index in [0.29, 0.717) is 11.1 Å². The van der Waals surface area contributed by atoms with E-state index in [-0.39, 0.29) is 0 Å². The van der Waals surface area contributed by atoms with Crippen molar-refractivity contribution in [2.45, 2.75) is 6.42 Å². The molecule has 0 amide bonds. The molecule has 0 spiro atoms. The fourth-order valence-corrected chi connectivity index (χ4v) is 1.55. The third kappa shape index (κ3) is 4.06. The van der Waals surface area contributed by atoms with E-state index in [2.05, 4.69) is 25.6 Å². The lowest BCUT2D eigenvalue weighted by molar-refractivity contribution is 0.846. The predicted octanol–water partition coefficient (Wildman–Crippen LogP) is 1.40. The van der Waals surface area contributed by atoms with Crippen molar-refractivity contribution in [2.75, 3.05) is 11.9 Å². The van der Waals surface area contributed by atoms with E-state index in [1.807, 2.05) is 18.2 Å². The minimum atomic E-state index is 0.493. The molecule has 2 aromatic rings. The second-order valence-corrected chi connectivity index (χ2v) is 3.93. The molecule has 2 rings (SSSR count). The Bertz CT molecular complexity index is 488. The minimum Gasteiger partial charge on any atom is -0.362 e. The van der Waals surface area contributed by atoms with E-state index < -0.39 is 0 Å². The first-order valence-electron chi connectivity index (χ1n) is 5.56. The van der Waals surface area contributed by atoms with Crippen LogP contribution in [0.2, 0.25) is 0 Å². The Morgan fingerprint density at radius 2 is 1.83 bits per heavy atom. The summed E-state index contributed by atoms with van der Waals surface area (Å²) in [5, 5.41) is 6.50. The highest BCUT2D eigenvalue weighted by atomic mass is 32.1. The lowest BCUT2D eigenvalue weighted by Gasteiger charge is -2.08. The summed E-state index contributed by atoms with van der Waals surface area (Å²) in [5.41, 5.74) is 1.03. The number of hydrogen-bond donors (Lipinski definition) is 2. The fourth-order valence-electron chi connectivity index (χ4n) is 1.36. The molecule has 92 valence electrons. The standard InChI is InChI=1S/C12H13N5S/c18-12(17-11-14-7-3-8-15-11)16-9-5-10-4-1-2-6-13-10/h1-4,6-8H,5,9H2,(H2,14,15,16,17,18). The second-order valence-electron chi connectivity index (χ2n) is 3.52. The number of hydrogen-bond acceptors (Lipinski definition) is 4. The molecule has 0 unspecified atom stereocenters. The highest BCUT2D eigenvalue weighted by Crippen LogP contribution is 1.95. The topological polar surface area (TPSA) is 62.7 Å². The minimum absolute atomic E-state index is 0.493. The molecule has 5 nitrogen and oxygen atoms in total. The van der Waals surface area contributed by atoms with Gasteiger partial charge >= 0.3 is 0 Å². The number of thiocarbonyl (C=S) groups is 1. The van der Waals surface area contributed by atoms with Crippen molar-refractivity contribution >= 4 is 23.3 Å². The highest BCUT2D eigenvalue weighted by molar-refractivity contribution is 7.80. The molecule has 0 atom stereocenters. The summed E-state index contributed by atoms with van der Waals surface area (Å²) in [5.74, 6) is 0.493. The van der Waals surface area contributed by atoms with E-state index in [1.54, 1.807) is 24.7 Å². The molecular weight excluding hydrogens is 246 g/mol. The molecule has 0 saturated carbocycles. The Labute approximate surface area is 111 Å². The molecule has 0 aliphatic heterocycles. The first kappa shape index (κ1) is 12.4. The summed E-state index contributed by atoms with van der Waals surface area (Å²) in [4.78, 5) is 12.3. The summed E-state index contributed by atoms with van der Waals surface area (Å²) in [7, 11) is 0. The summed E-state index contributed by atoms with van der Waals surface area (Å²) >= 11 is 5.13. The van der Waals surface area contributed by atoms with Gasteiger partial charge in [-0.3, -0.25) is 4.98 Å². The van der Waals surface area contributed by atoms with Crippen LogP contribution in [0.5, 0.6) is 0 Å². The largest absolute Gasteiger partial charge is 0.362 e. The summed E-state index contributed by atoms with van der Waals surface area (Å²) in [6.07, 6.45) is 5.92. The van der Waals surface area contributed by atoms with Crippen molar-refractivity contribution < 1.29 is 0 Å². The van der Waals surface area contributed by atoms with E-state index in [4.69, 9.17) is 12.2 Å². The summed E-state index contributed by atoms with van der Waals surface area (Å²) < 4.78 is 0. The predicted molar refractivity (Wildman–Crippen MR) is 74.2 cm³/mol. The lowest BCUT2D eigenvalue weighted by Crippen LogP contribution is -2.30. The maximum absolute atomic E-state index is 5.13. The van der Waals surface area contributed by atoms with Crippen molar-refractivity contribution in [1.29, 1.82) is 0 Å². The average Bonchev–Trinajstić information content (AvgIpc) is 2.41. The first-order valence-corrected chi connectivity index (χ1v) is 5.97. The smallest absolute Gasteiger partial charge is 0.228 e. The molecule has 2 N–H and O–H groups in total. The number of pyridine rings is 1. The highest BCUT2D eigenvalue weighted by Gasteiger charge is 1.99. The van der Waals surface area contributed by atoms with Gasteiger partial charge in [0.15, 0.2) is 5.11 Å². The van der Waals surface area contributed by atoms with Crippen LogP contribution in [-0.2, 0) is 6.42 Å². The average molecular weight is 259 g/mol. The first-order chi connectivity index (χ1) is 8.84. The van der Waals surface area contributed by atoms with Crippen molar-refractivity contribution in [3.05, 3.63) is 48.5 Å². The Morgan fingerprint density at radius 1 is 1.06 bits per heavy atom. The van der Waals surface area contributed by atoms with Crippen LogP contribution in [0.3, 0.4) is 0 Å². The van der Waals surface area contributed by atoms with E-state index in [0.717, 1.165) is 18.7 Å². The molecule has 0 aromatic carbocycles. The molecule has 18 heavy (non-hydrogen) atoms. The van der Waals surface area contributed by atoms with Gasteiger partial charge in [-0.1, -0.05) is 6.07 Å². The normalized spacial score (nSPS) is 9.78. The van der Waals surface area contributed by atoms with Gasteiger partial charge < -0.3 is 10.6 Å². The Kier molecular flexibility index (Phi) is 4.54. The molecule has 0 fully saturated rings. The van der Waals surface area contributed by atoms with Crippen LogP contribution in [-0.4, -0.2) is 26.6 Å². The third-order valence-corrected chi connectivity index (χ3v) is 2.43. The van der Waals surface area contributed by atoms with Crippen LogP contribution >= 0.6 is 12.2 Å². The van der Waals surface area contributed by atoms with Gasteiger partial charge in [-0.2, -0.15) is 0 Å². The van der Waals surface area contributed by atoms with Crippen LogP contribution in [0, 0.1) is 0 Å². The Morgan fingerprint density at radius 3 is 2.56 bits per heavy atom. The van der Waals surface area contributed by atoms with Crippen molar-refractivity contribution in [3.63, 3.8) is 0 Å². The van der Waals surface area contributed by atoms with Gasteiger partial charge in [-0.05, 0) is 30.4 Å². The zero-order chi connectivity index (χ0) is 12.6. The molecule has 2 aromatic heterocycles. The van der Waals surface area contributed by atoms with Gasteiger partial charge in [-0.15, -0.1) is 0 Å². The monoisotopic (exact) mass is 259 g/mol. The number of aromatic nitrogens is 3. The fraction of sp³-hybridized carbons (Fsp3) is 0.167. The van der Waals surface area contributed by atoms with Gasteiger partial charge in [0.1, 0.15) is 0 Å². The maximum atomic E-state index is 5.13. The van der Waals surface area contributed by atoms with Crippen LogP contribution < -0.4 is 10.6 Å². The molecule has 0 aliphatic carbocycles. The number of anilines is 1. The van der Waals surface area contributed by atoms with Crippen LogP contribution in [0.25, 0.3) is 0 Å². The number of rotatable bonds is 4.